The van der Waals surface area contributed by atoms with E-state index in [0.717, 1.165) is 4.68 Å². The Balaban J connectivity index is 1.89. The van der Waals surface area contributed by atoms with Gasteiger partial charge in [-0.25, -0.2) is 4.39 Å². The average molecular weight is 388 g/mol. The molecule has 0 radical (unpaired) electrons. The number of rotatable bonds is 3. The first-order chi connectivity index (χ1) is 13.0. The number of fused-ring (bicyclic) bond motifs is 1. The van der Waals surface area contributed by atoms with Crippen molar-refractivity contribution in [2.75, 3.05) is 25.9 Å². The van der Waals surface area contributed by atoms with Gasteiger partial charge < -0.3 is 15.4 Å². The number of amides is 1. The van der Waals surface area contributed by atoms with Gasteiger partial charge in [-0.15, -0.1) is 11.3 Å². The number of hydrogen-bond acceptors (Lipinski definition) is 6. The molecule has 1 fully saturated rings. The van der Waals surface area contributed by atoms with Gasteiger partial charge in [-0.1, -0.05) is 0 Å². The molecule has 0 aliphatic carbocycles. The first-order valence-corrected chi connectivity index (χ1v) is 9.25. The summed E-state index contributed by atoms with van der Waals surface area (Å²) in [7, 11) is 1.54. The van der Waals surface area contributed by atoms with Crippen LogP contribution >= 0.6 is 11.3 Å². The van der Waals surface area contributed by atoms with E-state index in [4.69, 9.17) is 10.5 Å². The lowest BCUT2D eigenvalue weighted by Crippen LogP contribution is -2.32. The number of nitrogens with two attached hydrogens (primary N) is 1. The third kappa shape index (κ3) is 2.93. The number of carbonyl (C=O) groups is 1. The van der Waals surface area contributed by atoms with Crippen molar-refractivity contribution in [3.63, 3.8) is 0 Å². The van der Waals surface area contributed by atoms with Crippen LogP contribution in [0, 0.1) is 0 Å². The molecule has 7 nitrogen and oxygen atoms in total. The van der Waals surface area contributed by atoms with Gasteiger partial charge >= 0.3 is 0 Å². The minimum Gasteiger partial charge on any atom is -0.497 e. The molecule has 1 saturated heterocycles. The molecule has 1 aromatic carbocycles. The molecule has 3 aromatic rings. The Hall–Kier alpha value is -2.94. The number of carbonyl (C=O) groups excluding carboxylic acids is 1. The Labute approximate surface area is 157 Å². The molecule has 1 unspecified atom stereocenters. The van der Waals surface area contributed by atoms with Crippen LogP contribution in [-0.4, -0.2) is 47.0 Å². The molecule has 1 atom stereocenters. The minimum absolute atomic E-state index is 0.0310. The highest BCUT2D eigenvalue weighted by Gasteiger charge is 2.30. The van der Waals surface area contributed by atoms with Crippen LogP contribution in [0.5, 0.6) is 5.75 Å². The van der Waals surface area contributed by atoms with Crippen LogP contribution in [0.15, 0.2) is 34.4 Å². The van der Waals surface area contributed by atoms with Gasteiger partial charge in [-0.05, 0) is 30.7 Å². The smallest absolute Gasteiger partial charge is 0.282 e. The SMILES string of the molecule is COc1ccc(-n2nc(C(=O)N3CCC(F)C3)c3csc(N)c3c2=O)cc1. The Bertz CT molecular complexity index is 1080. The number of hydrogen-bond donors (Lipinski definition) is 1. The number of thiophene rings is 1. The number of methoxy groups -OCH3 is 1. The molecule has 0 spiro atoms. The molecule has 0 bridgehead atoms. The maximum absolute atomic E-state index is 13.5. The highest BCUT2D eigenvalue weighted by molar-refractivity contribution is 7.15. The standard InChI is InChI=1S/C18H17FN4O3S/c1-26-12-4-2-11(3-5-12)23-17(24)14-13(9-27-16(14)20)15(21-23)18(25)22-7-6-10(19)8-22/h2-5,9-10H,6-8,20H2,1H3. The van der Waals surface area contributed by atoms with E-state index in [1.54, 1.807) is 36.8 Å². The molecule has 27 heavy (non-hydrogen) atoms. The molecule has 1 aliphatic heterocycles. The minimum atomic E-state index is -1.04. The molecular weight excluding hydrogens is 371 g/mol. The lowest BCUT2D eigenvalue weighted by Gasteiger charge is -2.16. The van der Waals surface area contributed by atoms with Crippen molar-refractivity contribution in [3.05, 3.63) is 45.7 Å². The van der Waals surface area contributed by atoms with Crippen molar-refractivity contribution in [1.82, 2.24) is 14.7 Å². The average Bonchev–Trinajstić information content (AvgIpc) is 3.28. The predicted octanol–water partition coefficient (Wildman–Crippen LogP) is 2.22. The molecule has 1 aliphatic rings. The van der Waals surface area contributed by atoms with Crippen molar-refractivity contribution in [1.29, 1.82) is 0 Å². The van der Waals surface area contributed by atoms with E-state index in [2.05, 4.69) is 5.10 Å². The van der Waals surface area contributed by atoms with E-state index in [9.17, 15) is 14.0 Å². The second-order valence-corrected chi connectivity index (χ2v) is 7.20. The summed E-state index contributed by atoms with van der Waals surface area (Å²) < 4.78 is 19.8. The van der Waals surface area contributed by atoms with Gasteiger partial charge in [0.05, 0.1) is 29.7 Å². The van der Waals surface area contributed by atoms with E-state index in [0.29, 0.717) is 34.8 Å². The van der Waals surface area contributed by atoms with Crippen molar-refractivity contribution < 1.29 is 13.9 Å². The molecule has 2 N–H and O–H groups in total. The number of ether oxygens (including phenoxy) is 1. The van der Waals surface area contributed by atoms with E-state index in [1.165, 1.54) is 16.2 Å². The van der Waals surface area contributed by atoms with Gasteiger partial charge in [0.15, 0.2) is 5.69 Å². The third-order valence-corrected chi connectivity index (χ3v) is 5.43. The molecule has 140 valence electrons. The molecular formula is C18H17FN4O3S. The van der Waals surface area contributed by atoms with Crippen molar-refractivity contribution >= 4 is 33.0 Å². The summed E-state index contributed by atoms with van der Waals surface area (Å²) in [5, 5.41) is 6.93. The Morgan fingerprint density at radius 1 is 1.37 bits per heavy atom. The number of halogens is 1. The second-order valence-electron chi connectivity index (χ2n) is 6.29. The van der Waals surface area contributed by atoms with Crippen molar-refractivity contribution in [2.24, 2.45) is 0 Å². The van der Waals surface area contributed by atoms with E-state index in [1.807, 2.05) is 0 Å². The highest BCUT2D eigenvalue weighted by atomic mass is 32.1. The number of nitrogen functional groups attached to an aromatic ring is 1. The fourth-order valence-corrected chi connectivity index (χ4v) is 3.97. The summed E-state index contributed by atoms with van der Waals surface area (Å²) >= 11 is 1.18. The normalized spacial score (nSPS) is 16.8. The number of likely N-dealkylation sites (tertiary alicyclic amines) is 1. The lowest BCUT2D eigenvalue weighted by molar-refractivity contribution is 0.0777. The molecule has 9 heteroatoms. The zero-order valence-corrected chi connectivity index (χ0v) is 15.3. The first kappa shape index (κ1) is 17.5. The fraction of sp³-hybridized carbons (Fsp3) is 0.278. The van der Waals surface area contributed by atoms with Gasteiger partial charge in [0.2, 0.25) is 0 Å². The van der Waals surface area contributed by atoms with E-state index in [-0.39, 0.29) is 17.6 Å². The maximum Gasteiger partial charge on any atom is 0.282 e. The Morgan fingerprint density at radius 3 is 2.74 bits per heavy atom. The summed E-state index contributed by atoms with van der Waals surface area (Å²) in [6.07, 6.45) is -0.733. The first-order valence-electron chi connectivity index (χ1n) is 8.37. The van der Waals surface area contributed by atoms with Crippen LogP contribution in [0.3, 0.4) is 0 Å². The quantitative estimate of drug-likeness (QED) is 0.743. The summed E-state index contributed by atoms with van der Waals surface area (Å²) in [6.45, 7) is 0.355. The third-order valence-electron chi connectivity index (χ3n) is 4.62. The zero-order chi connectivity index (χ0) is 19.1. The largest absolute Gasteiger partial charge is 0.497 e. The number of nitrogens with zero attached hydrogens (tertiary/aromatic N) is 3. The predicted molar refractivity (Wildman–Crippen MR) is 102 cm³/mol. The number of aromatic nitrogens is 2. The lowest BCUT2D eigenvalue weighted by atomic mass is 10.2. The summed E-state index contributed by atoms with van der Waals surface area (Å²) in [4.78, 5) is 27.3. The van der Waals surface area contributed by atoms with Gasteiger partial charge in [0.1, 0.15) is 11.9 Å². The molecule has 2 aromatic heterocycles. The molecule has 4 rings (SSSR count). The van der Waals surface area contributed by atoms with Crippen molar-refractivity contribution in [3.8, 4) is 11.4 Å². The van der Waals surface area contributed by atoms with Crippen LogP contribution < -0.4 is 16.0 Å². The van der Waals surface area contributed by atoms with Gasteiger partial charge in [-0.3, -0.25) is 9.59 Å². The molecule has 0 saturated carbocycles. The number of alkyl halides is 1. The summed E-state index contributed by atoms with van der Waals surface area (Å²) in [5.74, 6) is 0.227. The summed E-state index contributed by atoms with van der Waals surface area (Å²) in [6, 6.07) is 6.73. The monoisotopic (exact) mass is 388 g/mol. The van der Waals surface area contributed by atoms with Crippen LogP contribution in [0.25, 0.3) is 16.5 Å². The van der Waals surface area contributed by atoms with Crippen LogP contribution in [0.4, 0.5) is 9.39 Å². The van der Waals surface area contributed by atoms with Gasteiger partial charge in [0.25, 0.3) is 11.5 Å². The van der Waals surface area contributed by atoms with Crippen molar-refractivity contribution in [2.45, 2.75) is 12.6 Å². The number of benzene rings is 1. The van der Waals surface area contributed by atoms with Gasteiger partial charge in [0, 0.05) is 17.3 Å². The molecule has 3 heterocycles. The Kier molecular flexibility index (Phi) is 4.31. The van der Waals surface area contributed by atoms with Crippen LogP contribution in [0.1, 0.15) is 16.9 Å². The number of anilines is 1. The Morgan fingerprint density at radius 2 is 2.11 bits per heavy atom. The van der Waals surface area contributed by atoms with E-state index < -0.39 is 17.6 Å². The highest BCUT2D eigenvalue weighted by Crippen LogP contribution is 2.29. The van der Waals surface area contributed by atoms with E-state index >= 15 is 0 Å². The maximum atomic E-state index is 13.5. The molecule has 1 amide bonds. The van der Waals surface area contributed by atoms with Crippen LogP contribution in [0.2, 0.25) is 0 Å². The zero-order valence-electron chi connectivity index (χ0n) is 14.5. The fourth-order valence-electron chi connectivity index (χ4n) is 3.18. The summed E-state index contributed by atoms with van der Waals surface area (Å²) in [5.41, 5.74) is 6.16. The van der Waals surface area contributed by atoms with Crippen LogP contribution in [-0.2, 0) is 0 Å². The van der Waals surface area contributed by atoms with Gasteiger partial charge in [-0.2, -0.15) is 9.78 Å². The topological polar surface area (TPSA) is 90.5 Å². The second kappa shape index (κ2) is 6.66.